The van der Waals surface area contributed by atoms with E-state index in [4.69, 9.17) is 0 Å². The van der Waals surface area contributed by atoms with Gasteiger partial charge in [0.2, 0.25) is 0 Å². The highest BCUT2D eigenvalue weighted by Crippen LogP contribution is 2.14. The standard InChI is InChI=1S/C15H25NO/c1-4-5-15(17)11-16-10-13-6-8-14(9-7-13)12(2)3/h6-9,12,15-17H,4-5,10-11H2,1-3H3. The summed E-state index contributed by atoms with van der Waals surface area (Å²) in [7, 11) is 0. The summed E-state index contributed by atoms with van der Waals surface area (Å²) in [6, 6.07) is 8.69. The molecular formula is C15H25NO. The SMILES string of the molecule is CCCC(O)CNCc1ccc(C(C)C)cc1. The van der Waals surface area contributed by atoms with Gasteiger partial charge in [-0.25, -0.2) is 0 Å². The van der Waals surface area contributed by atoms with Gasteiger partial charge >= 0.3 is 0 Å². The maximum Gasteiger partial charge on any atom is 0.0664 e. The van der Waals surface area contributed by atoms with Crippen LogP contribution in [0.5, 0.6) is 0 Å². The fraction of sp³-hybridized carbons (Fsp3) is 0.600. The molecule has 0 spiro atoms. The maximum atomic E-state index is 9.58. The number of rotatable bonds is 7. The summed E-state index contributed by atoms with van der Waals surface area (Å²) in [5.74, 6) is 0.586. The molecule has 1 aromatic rings. The Bertz CT molecular complexity index is 305. The van der Waals surface area contributed by atoms with Crippen molar-refractivity contribution >= 4 is 0 Å². The predicted molar refractivity (Wildman–Crippen MR) is 73.2 cm³/mol. The lowest BCUT2D eigenvalue weighted by Crippen LogP contribution is -2.26. The third-order valence-corrected chi connectivity index (χ3v) is 2.98. The van der Waals surface area contributed by atoms with Crippen LogP contribution >= 0.6 is 0 Å². The van der Waals surface area contributed by atoms with Gasteiger partial charge in [-0.05, 0) is 23.5 Å². The van der Waals surface area contributed by atoms with Crippen LogP contribution in [0, 0.1) is 0 Å². The predicted octanol–water partition coefficient (Wildman–Crippen LogP) is 3.06. The van der Waals surface area contributed by atoms with Crippen LogP contribution in [0.4, 0.5) is 0 Å². The van der Waals surface area contributed by atoms with Crippen LogP contribution in [0.25, 0.3) is 0 Å². The maximum absolute atomic E-state index is 9.58. The van der Waals surface area contributed by atoms with Gasteiger partial charge in [-0.2, -0.15) is 0 Å². The fourth-order valence-electron chi connectivity index (χ4n) is 1.84. The average Bonchev–Trinajstić information content (AvgIpc) is 2.30. The van der Waals surface area contributed by atoms with E-state index in [2.05, 4.69) is 50.4 Å². The molecule has 0 aliphatic rings. The molecule has 17 heavy (non-hydrogen) atoms. The fourth-order valence-corrected chi connectivity index (χ4v) is 1.84. The first-order valence-corrected chi connectivity index (χ1v) is 6.61. The third-order valence-electron chi connectivity index (χ3n) is 2.98. The zero-order valence-corrected chi connectivity index (χ0v) is 11.2. The number of aliphatic hydroxyl groups excluding tert-OH is 1. The molecular weight excluding hydrogens is 210 g/mol. The number of hydrogen-bond acceptors (Lipinski definition) is 2. The van der Waals surface area contributed by atoms with Crippen molar-refractivity contribution < 1.29 is 5.11 Å². The minimum absolute atomic E-state index is 0.213. The van der Waals surface area contributed by atoms with Crippen molar-refractivity contribution in [2.24, 2.45) is 0 Å². The Labute approximate surface area is 105 Å². The molecule has 1 aromatic carbocycles. The van der Waals surface area contributed by atoms with Gasteiger partial charge in [0.15, 0.2) is 0 Å². The van der Waals surface area contributed by atoms with Crippen LogP contribution in [0.15, 0.2) is 24.3 Å². The van der Waals surface area contributed by atoms with E-state index in [1.54, 1.807) is 0 Å². The Morgan fingerprint density at radius 3 is 2.35 bits per heavy atom. The second-order valence-corrected chi connectivity index (χ2v) is 4.97. The largest absolute Gasteiger partial charge is 0.392 e. The molecule has 0 aromatic heterocycles. The highest BCUT2D eigenvalue weighted by molar-refractivity contribution is 5.24. The van der Waals surface area contributed by atoms with E-state index in [-0.39, 0.29) is 6.10 Å². The zero-order valence-electron chi connectivity index (χ0n) is 11.2. The smallest absolute Gasteiger partial charge is 0.0664 e. The molecule has 2 nitrogen and oxygen atoms in total. The molecule has 1 atom stereocenters. The average molecular weight is 235 g/mol. The summed E-state index contributed by atoms with van der Waals surface area (Å²) >= 11 is 0. The molecule has 96 valence electrons. The number of aliphatic hydroxyl groups is 1. The molecule has 0 aliphatic heterocycles. The van der Waals surface area contributed by atoms with Gasteiger partial charge in [0.05, 0.1) is 6.10 Å². The number of benzene rings is 1. The molecule has 2 heteroatoms. The van der Waals surface area contributed by atoms with E-state index >= 15 is 0 Å². The monoisotopic (exact) mass is 235 g/mol. The van der Waals surface area contributed by atoms with E-state index in [9.17, 15) is 5.11 Å². The minimum atomic E-state index is -0.213. The van der Waals surface area contributed by atoms with Crippen molar-refractivity contribution in [3.63, 3.8) is 0 Å². The van der Waals surface area contributed by atoms with E-state index in [0.29, 0.717) is 12.5 Å². The Kier molecular flexibility index (Phi) is 6.23. The summed E-state index contributed by atoms with van der Waals surface area (Å²) in [6.07, 6.45) is 1.69. The first kappa shape index (κ1) is 14.2. The second kappa shape index (κ2) is 7.46. The lowest BCUT2D eigenvalue weighted by Gasteiger charge is -2.11. The van der Waals surface area contributed by atoms with Crippen LogP contribution < -0.4 is 5.32 Å². The molecule has 2 N–H and O–H groups in total. The van der Waals surface area contributed by atoms with Gasteiger partial charge in [-0.15, -0.1) is 0 Å². The highest BCUT2D eigenvalue weighted by atomic mass is 16.3. The van der Waals surface area contributed by atoms with Crippen molar-refractivity contribution in [3.8, 4) is 0 Å². The van der Waals surface area contributed by atoms with Gasteiger partial charge in [-0.1, -0.05) is 51.5 Å². The Morgan fingerprint density at radius 1 is 1.18 bits per heavy atom. The number of hydrogen-bond donors (Lipinski definition) is 2. The molecule has 0 fully saturated rings. The Hall–Kier alpha value is -0.860. The second-order valence-electron chi connectivity index (χ2n) is 4.97. The first-order chi connectivity index (χ1) is 8.13. The van der Waals surface area contributed by atoms with E-state index in [1.807, 2.05) is 0 Å². The van der Waals surface area contributed by atoms with Crippen LogP contribution in [0.1, 0.15) is 50.7 Å². The summed E-state index contributed by atoms with van der Waals surface area (Å²) < 4.78 is 0. The van der Waals surface area contributed by atoms with Crippen molar-refractivity contribution in [1.82, 2.24) is 5.32 Å². The van der Waals surface area contributed by atoms with Gasteiger partial charge in [0, 0.05) is 13.1 Å². The van der Waals surface area contributed by atoms with Crippen molar-refractivity contribution in [2.45, 2.75) is 52.2 Å². The molecule has 0 radical (unpaired) electrons. The summed E-state index contributed by atoms with van der Waals surface area (Å²) in [4.78, 5) is 0. The van der Waals surface area contributed by atoms with Crippen molar-refractivity contribution in [1.29, 1.82) is 0 Å². The van der Waals surface area contributed by atoms with Crippen molar-refractivity contribution in [2.75, 3.05) is 6.54 Å². The van der Waals surface area contributed by atoms with Crippen molar-refractivity contribution in [3.05, 3.63) is 35.4 Å². The van der Waals surface area contributed by atoms with E-state index in [1.165, 1.54) is 11.1 Å². The molecule has 0 amide bonds. The quantitative estimate of drug-likeness (QED) is 0.761. The molecule has 0 aliphatic carbocycles. The van der Waals surface area contributed by atoms with Gasteiger partial charge in [-0.3, -0.25) is 0 Å². The Morgan fingerprint density at radius 2 is 1.82 bits per heavy atom. The van der Waals surface area contributed by atoms with E-state index in [0.717, 1.165) is 19.4 Å². The van der Waals surface area contributed by atoms with Crippen LogP contribution in [-0.2, 0) is 6.54 Å². The molecule has 0 heterocycles. The molecule has 0 saturated heterocycles. The highest BCUT2D eigenvalue weighted by Gasteiger charge is 2.02. The Balaban J connectivity index is 2.32. The minimum Gasteiger partial charge on any atom is -0.392 e. The van der Waals surface area contributed by atoms with Gasteiger partial charge in [0.25, 0.3) is 0 Å². The van der Waals surface area contributed by atoms with Crippen LogP contribution in [0.2, 0.25) is 0 Å². The lowest BCUT2D eigenvalue weighted by molar-refractivity contribution is 0.160. The topological polar surface area (TPSA) is 32.3 Å². The molecule has 1 unspecified atom stereocenters. The normalized spacial score (nSPS) is 13.0. The third kappa shape index (κ3) is 5.33. The summed E-state index contributed by atoms with van der Waals surface area (Å²) in [5.41, 5.74) is 2.65. The van der Waals surface area contributed by atoms with Gasteiger partial charge in [0.1, 0.15) is 0 Å². The van der Waals surface area contributed by atoms with Gasteiger partial charge < -0.3 is 10.4 Å². The molecule has 1 rings (SSSR count). The van der Waals surface area contributed by atoms with Crippen LogP contribution in [-0.4, -0.2) is 17.8 Å². The first-order valence-electron chi connectivity index (χ1n) is 6.61. The molecule has 0 bridgehead atoms. The van der Waals surface area contributed by atoms with E-state index < -0.39 is 0 Å². The lowest BCUT2D eigenvalue weighted by atomic mass is 10.0. The zero-order chi connectivity index (χ0) is 12.7. The van der Waals surface area contributed by atoms with Crippen LogP contribution in [0.3, 0.4) is 0 Å². The summed E-state index contributed by atoms with van der Waals surface area (Å²) in [6.45, 7) is 8.01. The summed E-state index contributed by atoms with van der Waals surface area (Å²) in [5, 5.41) is 12.9. The molecule has 0 saturated carbocycles. The number of nitrogens with one attached hydrogen (secondary N) is 1.